The molecule has 1 N–H and O–H groups in total. The third kappa shape index (κ3) is 3.48. The van der Waals surface area contributed by atoms with E-state index in [1.54, 1.807) is 6.92 Å². The molecule has 0 amide bonds. The molecule has 0 bridgehead atoms. The Labute approximate surface area is 204 Å². The molecule has 1 aliphatic heterocycles. The smallest absolute Gasteiger partial charge is 0.339 e. The molecule has 2 saturated carbocycles. The number of cyclic esters (lactones) is 1. The van der Waals surface area contributed by atoms with Gasteiger partial charge in [0.1, 0.15) is 5.76 Å². The van der Waals surface area contributed by atoms with E-state index >= 15 is 0 Å². The molecule has 0 saturated heterocycles. The zero-order chi connectivity index (χ0) is 25.1. The van der Waals surface area contributed by atoms with Gasteiger partial charge in [-0.3, -0.25) is 4.79 Å². The number of rotatable bonds is 6. The van der Waals surface area contributed by atoms with Gasteiger partial charge in [-0.2, -0.15) is 0 Å². The number of carbonyl (C=O) groups excluding carboxylic acids is 1. The molecule has 184 valence electrons. The van der Waals surface area contributed by atoms with Gasteiger partial charge < -0.3 is 9.84 Å². The average Bonchev–Trinajstić information content (AvgIpc) is 3.39. The summed E-state index contributed by atoms with van der Waals surface area (Å²) in [6.07, 6.45) is 12.4. The van der Waals surface area contributed by atoms with E-state index in [0.717, 1.165) is 37.7 Å². The average molecular weight is 465 g/mol. The summed E-state index contributed by atoms with van der Waals surface area (Å²) in [6, 6.07) is 0. The van der Waals surface area contributed by atoms with E-state index in [0.29, 0.717) is 29.6 Å². The molecule has 4 heteroatoms. The topological polar surface area (TPSA) is 63.6 Å². The van der Waals surface area contributed by atoms with Gasteiger partial charge in [-0.05, 0) is 93.1 Å². The van der Waals surface area contributed by atoms with E-state index < -0.39 is 5.97 Å². The number of fused-ring (bicyclic) bond motifs is 2. The fourth-order valence-electron chi connectivity index (χ4n) is 8.06. The first-order chi connectivity index (χ1) is 15.9. The Morgan fingerprint density at radius 1 is 1.35 bits per heavy atom. The SMILES string of the molecule is C=C(C)[C@@H]1CC=C2[C@@H](CC[C@]23C(=C)CC[C@@]3(C)[C@H](C)/C=C2/C=C(C)C(=O)O2)[C@]1(C)CCC(=O)O. The summed E-state index contributed by atoms with van der Waals surface area (Å²) >= 11 is 0. The van der Waals surface area contributed by atoms with Crippen LogP contribution in [-0.2, 0) is 14.3 Å². The first-order valence-electron chi connectivity index (χ1n) is 12.7. The maximum Gasteiger partial charge on any atom is 0.339 e. The van der Waals surface area contributed by atoms with Crippen LogP contribution in [0.1, 0.15) is 79.6 Å². The molecule has 6 atom stereocenters. The number of ether oxygens (including phenoxy) is 1. The Hall–Kier alpha value is -2.36. The fourth-order valence-corrected chi connectivity index (χ4v) is 8.06. The Bertz CT molecular complexity index is 1040. The molecular weight excluding hydrogens is 424 g/mol. The highest BCUT2D eigenvalue weighted by molar-refractivity contribution is 5.92. The normalized spacial score (nSPS) is 39.1. The van der Waals surface area contributed by atoms with Crippen LogP contribution >= 0.6 is 0 Å². The maximum absolute atomic E-state index is 11.9. The van der Waals surface area contributed by atoms with E-state index in [4.69, 9.17) is 4.74 Å². The summed E-state index contributed by atoms with van der Waals surface area (Å²) in [5, 5.41) is 9.50. The number of hydrogen-bond donors (Lipinski definition) is 1. The minimum absolute atomic E-state index is 0.0435. The van der Waals surface area contributed by atoms with Crippen LogP contribution in [0.4, 0.5) is 0 Å². The number of allylic oxidation sites excluding steroid dienone is 6. The first-order valence-corrected chi connectivity index (χ1v) is 12.7. The molecule has 0 aromatic carbocycles. The summed E-state index contributed by atoms with van der Waals surface area (Å²) in [5.74, 6) is 0.496. The van der Waals surface area contributed by atoms with Crippen molar-refractivity contribution in [2.75, 3.05) is 0 Å². The van der Waals surface area contributed by atoms with Gasteiger partial charge in [0, 0.05) is 17.4 Å². The third-order valence-electron chi connectivity index (χ3n) is 10.1. The van der Waals surface area contributed by atoms with E-state index in [2.05, 4.69) is 53.0 Å². The lowest BCUT2D eigenvalue weighted by atomic mass is 9.51. The highest BCUT2D eigenvalue weighted by atomic mass is 16.5. The lowest BCUT2D eigenvalue weighted by Crippen LogP contribution is -2.45. The van der Waals surface area contributed by atoms with Crippen molar-refractivity contribution in [3.8, 4) is 0 Å². The van der Waals surface area contributed by atoms with Crippen LogP contribution in [0, 0.1) is 34.0 Å². The van der Waals surface area contributed by atoms with E-state index in [-0.39, 0.29) is 34.6 Å². The number of carboxylic acid groups (broad SMARTS) is 1. The van der Waals surface area contributed by atoms with Crippen LogP contribution in [0.5, 0.6) is 0 Å². The lowest BCUT2D eigenvalue weighted by molar-refractivity contribution is -0.138. The molecular formula is C30H40O4. The van der Waals surface area contributed by atoms with Crippen molar-refractivity contribution >= 4 is 11.9 Å². The van der Waals surface area contributed by atoms with Crippen LogP contribution in [0.2, 0.25) is 0 Å². The van der Waals surface area contributed by atoms with Crippen LogP contribution in [0.15, 0.2) is 59.4 Å². The summed E-state index contributed by atoms with van der Waals surface area (Å²) in [6.45, 7) is 19.7. The zero-order valence-corrected chi connectivity index (χ0v) is 21.5. The predicted molar refractivity (Wildman–Crippen MR) is 135 cm³/mol. The molecule has 4 nitrogen and oxygen atoms in total. The van der Waals surface area contributed by atoms with Crippen LogP contribution in [0.3, 0.4) is 0 Å². The lowest BCUT2D eigenvalue weighted by Gasteiger charge is -2.52. The molecule has 4 aliphatic rings. The molecule has 0 aromatic heterocycles. The molecule has 0 radical (unpaired) electrons. The minimum atomic E-state index is -0.727. The minimum Gasteiger partial charge on any atom is -0.481 e. The second kappa shape index (κ2) is 8.39. The molecule has 1 heterocycles. The standard InChI is InChI=1S/C30H40O4/c1-18(2)23-8-9-25-24(28(23,6)13-12-26(31)32)11-15-30(25)20(4)10-14-29(30,7)21(5)17-22-16-19(3)27(33)34-22/h9,16-17,21,23-24H,1,4,8,10-15H2,2-3,5-7H3,(H,31,32)/b22-17-/t21-,23+,24-,28-,29+,30+/m1/s1. The van der Waals surface area contributed by atoms with E-state index in [1.807, 2.05) is 6.08 Å². The monoisotopic (exact) mass is 464 g/mol. The third-order valence-corrected chi connectivity index (χ3v) is 10.1. The zero-order valence-electron chi connectivity index (χ0n) is 21.5. The number of carbonyl (C=O) groups is 2. The van der Waals surface area contributed by atoms with Gasteiger partial charge >= 0.3 is 11.9 Å². The summed E-state index contributed by atoms with van der Waals surface area (Å²) in [4.78, 5) is 23.5. The number of esters is 1. The molecule has 1 spiro atoms. The Morgan fingerprint density at radius 2 is 2.06 bits per heavy atom. The highest BCUT2D eigenvalue weighted by Crippen LogP contribution is 2.73. The Kier molecular flexibility index (Phi) is 6.11. The summed E-state index contributed by atoms with van der Waals surface area (Å²) in [7, 11) is 0. The van der Waals surface area contributed by atoms with Crippen molar-refractivity contribution in [2.45, 2.75) is 79.6 Å². The highest BCUT2D eigenvalue weighted by Gasteiger charge is 2.64. The molecule has 2 fully saturated rings. The van der Waals surface area contributed by atoms with Crippen molar-refractivity contribution in [1.29, 1.82) is 0 Å². The van der Waals surface area contributed by atoms with E-state index in [1.165, 1.54) is 11.1 Å². The van der Waals surface area contributed by atoms with Gasteiger partial charge in [-0.15, -0.1) is 0 Å². The number of hydrogen-bond acceptors (Lipinski definition) is 3. The molecule has 3 aliphatic carbocycles. The largest absolute Gasteiger partial charge is 0.481 e. The quantitative estimate of drug-likeness (QED) is 0.335. The summed E-state index contributed by atoms with van der Waals surface area (Å²) in [5.41, 5.74) is 4.34. The van der Waals surface area contributed by atoms with Gasteiger partial charge in [-0.1, -0.05) is 56.7 Å². The van der Waals surface area contributed by atoms with Gasteiger partial charge in [0.2, 0.25) is 0 Å². The molecule has 0 aromatic rings. The van der Waals surface area contributed by atoms with Crippen LogP contribution < -0.4 is 0 Å². The Balaban J connectivity index is 1.75. The number of aliphatic carboxylic acids is 1. The number of carboxylic acids is 1. The predicted octanol–water partition coefficient (Wildman–Crippen LogP) is 7.16. The van der Waals surface area contributed by atoms with Crippen molar-refractivity contribution in [3.63, 3.8) is 0 Å². The van der Waals surface area contributed by atoms with E-state index in [9.17, 15) is 14.7 Å². The van der Waals surface area contributed by atoms with Crippen LogP contribution in [0.25, 0.3) is 0 Å². The van der Waals surface area contributed by atoms with Gasteiger partial charge in [-0.25, -0.2) is 4.79 Å². The molecule has 34 heavy (non-hydrogen) atoms. The van der Waals surface area contributed by atoms with Crippen molar-refractivity contribution in [1.82, 2.24) is 0 Å². The maximum atomic E-state index is 11.9. The fraction of sp³-hybridized carbons (Fsp3) is 0.600. The van der Waals surface area contributed by atoms with Crippen molar-refractivity contribution in [2.24, 2.45) is 34.0 Å². The van der Waals surface area contributed by atoms with Crippen molar-refractivity contribution in [3.05, 3.63) is 59.4 Å². The molecule has 0 unspecified atom stereocenters. The molecule has 4 rings (SSSR count). The first kappa shape index (κ1) is 24.8. The Morgan fingerprint density at radius 3 is 2.65 bits per heavy atom. The van der Waals surface area contributed by atoms with Gasteiger partial charge in [0.15, 0.2) is 0 Å². The van der Waals surface area contributed by atoms with Crippen LogP contribution in [-0.4, -0.2) is 17.0 Å². The van der Waals surface area contributed by atoms with Crippen molar-refractivity contribution < 1.29 is 19.4 Å². The van der Waals surface area contributed by atoms with Gasteiger partial charge in [0.25, 0.3) is 0 Å². The van der Waals surface area contributed by atoms with Gasteiger partial charge in [0.05, 0.1) is 0 Å². The second-order valence-corrected chi connectivity index (χ2v) is 11.8. The summed E-state index contributed by atoms with van der Waals surface area (Å²) < 4.78 is 5.49. The second-order valence-electron chi connectivity index (χ2n) is 11.8.